The molecular formula is C10H15NO2S. The fourth-order valence-corrected chi connectivity index (χ4v) is 2.43. The van der Waals surface area contributed by atoms with Gasteiger partial charge < -0.3 is 9.84 Å². The van der Waals surface area contributed by atoms with E-state index in [-0.39, 0.29) is 6.10 Å². The van der Waals surface area contributed by atoms with Crippen molar-refractivity contribution in [2.24, 2.45) is 0 Å². The summed E-state index contributed by atoms with van der Waals surface area (Å²) in [7, 11) is 0. The molecule has 0 aliphatic carbocycles. The molecule has 4 heteroatoms. The van der Waals surface area contributed by atoms with Crippen LogP contribution in [-0.4, -0.2) is 27.8 Å². The number of nitrogens with zero attached hydrogens (tertiary/aromatic N) is 1. The van der Waals surface area contributed by atoms with Gasteiger partial charge in [-0.15, -0.1) is 0 Å². The van der Waals surface area contributed by atoms with Crippen LogP contribution in [0.4, 0.5) is 0 Å². The first kappa shape index (κ1) is 10.1. The fraction of sp³-hybridized carbons (Fsp3) is 0.700. The van der Waals surface area contributed by atoms with Crippen LogP contribution < -0.4 is 0 Å². The minimum atomic E-state index is -0.668. The summed E-state index contributed by atoms with van der Waals surface area (Å²) >= 11 is 1.45. The van der Waals surface area contributed by atoms with Crippen LogP contribution in [0.5, 0.6) is 0 Å². The molecule has 0 amide bonds. The number of hydrogen-bond acceptors (Lipinski definition) is 4. The van der Waals surface area contributed by atoms with Crippen LogP contribution in [0.25, 0.3) is 0 Å². The van der Waals surface area contributed by atoms with Gasteiger partial charge in [0, 0.05) is 17.5 Å². The van der Waals surface area contributed by atoms with Gasteiger partial charge in [0.25, 0.3) is 0 Å². The molecule has 1 N–H and O–H groups in total. The maximum absolute atomic E-state index is 10.2. The predicted molar refractivity (Wildman–Crippen MR) is 55.4 cm³/mol. The first-order valence-electron chi connectivity index (χ1n) is 4.91. The van der Waals surface area contributed by atoms with E-state index >= 15 is 0 Å². The third-order valence-corrected chi connectivity index (χ3v) is 3.39. The largest absolute Gasteiger partial charge is 0.387 e. The van der Waals surface area contributed by atoms with Gasteiger partial charge in [-0.3, -0.25) is 0 Å². The summed E-state index contributed by atoms with van der Waals surface area (Å²) in [6, 6.07) is 1.96. The average molecular weight is 213 g/mol. The van der Waals surface area contributed by atoms with E-state index in [0.717, 1.165) is 17.7 Å². The number of hydrogen-bond donors (Lipinski definition) is 1. The molecule has 78 valence electrons. The van der Waals surface area contributed by atoms with Crippen molar-refractivity contribution in [3.8, 4) is 0 Å². The summed E-state index contributed by atoms with van der Waals surface area (Å²) in [6.07, 6.45) is 4.50. The van der Waals surface area contributed by atoms with Crippen molar-refractivity contribution < 1.29 is 9.84 Å². The Kier molecular flexibility index (Phi) is 2.85. The highest BCUT2D eigenvalue weighted by Crippen LogP contribution is 2.27. The minimum Gasteiger partial charge on any atom is -0.387 e. The molecule has 2 unspecified atom stereocenters. The molecule has 1 aliphatic rings. The zero-order chi connectivity index (χ0) is 10.0. The van der Waals surface area contributed by atoms with Gasteiger partial charge in [-0.25, -0.2) is 4.37 Å². The Balaban J connectivity index is 1.96. The second kappa shape index (κ2) is 3.96. The molecule has 1 aromatic rings. The first-order chi connectivity index (χ1) is 6.68. The summed E-state index contributed by atoms with van der Waals surface area (Å²) < 4.78 is 9.50. The number of ether oxygens (including phenoxy) is 1. The predicted octanol–water partition coefficient (Wildman–Crippen LogP) is 1.62. The lowest BCUT2D eigenvalue weighted by Gasteiger charge is -2.34. The topological polar surface area (TPSA) is 42.4 Å². The summed E-state index contributed by atoms with van der Waals surface area (Å²) in [6.45, 7) is 2.50. The van der Waals surface area contributed by atoms with Gasteiger partial charge in [0.15, 0.2) is 0 Å². The molecule has 14 heavy (non-hydrogen) atoms. The number of aromatic nitrogens is 1. The molecule has 1 aliphatic heterocycles. The Morgan fingerprint density at radius 1 is 1.79 bits per heavy atom. The highest BCUT2D eigenvalue weighted by molar-refractivity contribution is 7.05. The quantitative estimate of drug-likeness (QED) is 0.811. The van der Waals surface area contributed by atoms with Gasteiger partial charge in [-0.2, -0.15) is 0 Å². The monoisotopic (exact) mass is 213 g/mol. The SMILES string of the molecule is CC1CCC(O)(Cc2ccns2)CO1. The van der Waals surface area contributed by atoms with Crippen molar-refractivity contribution in [2.45, 2.75) is 37.9 Å². The minimum absolute atomic E-state index is 0.289. The second-order valence-corrected chi connectivity index (χ2v) is 4.96. The van der Waals surface area contributed by atoms with Gasteiger partial charge in [-0.05, 0) is 37.4 Å². The van der Waals surface area contributed by atoms with Gasteiger partial charge in [0.1, 0.15) is 0 Å². The molecule has 2 rings (SSSR count). The summed E-state index contributed by atoms with van der Waals surface area (Å²) in [5, 5.41) is 10.2. The molecule has 0 bridgehead atoms. The molecule has 0 spiro atoms. The van der Waals surface area contributed by atoms with E-state index in [1.54, 1.807) is 6.20 Å². The zero-order valence-corrected chi connectivity index (χ0v) is 9.09. The van der Waals surface area contributed by atoms with Crippen molar-refractivity contribution in [1.82, 2.24) is 4.37 Å². The first-order valence-corrected chi connectivity index (χ1v) is 5.69. The third kappa shape index (κ3) is 2.32. The van der Waals surface area contributed by atoms with E-state index in [2.05, 4.69) is 4.37 Å². The Bertz CT molecular complexity index is 278. The molecular weight excluding hydrogens is 198 g/mol. The van der Waals surface area contributed by atoms with Gasteiger partial charge in [-0.1, -0.05) is 0 Å². The van der Waals surface area contributed by atoms with Crippen LogP contribution in [-0.2, 0) is 11.2 Å². The maximum Gasteiger partial charge on any atom is 0.0929 e. The lowest BCUT2D eigenvalue weighted by Crippen LogP contribution is -2.42. The maximum atomic E-state index is 10.2. The highest BCUT2D eigenvalue weighted by atomic mass is 32.1. The van der Waals surface area contributed by atoms with Gasteiger partial charge in [0.2, 0.25) is 0 Å². The second-order valence-electron chi connectivity index (χ2n) is 4.04. The average Bonchev–Trinajstić information content (AvgIpc) is 2.63. The Hall–Kier alpha value is -0.450. The van der Waals surface area contributed by atoms with E-state index in [1.807, 2.05) is 13.0 Å². The standard InChI is InChI=1S/C10H15NO2S/c1-8-2-4-10(12,7-13-8)6-9-3-5-11-14-9/h3,5,8,12H,2,4,6-7H2,1H3. The molecule has 2 heterocycles. The van der Waals surface area contributed by atoms with Crippen LogP contribution in [0.15, 0.2) is 12.3 Å². The zero-order valence-electron chi connectivity index (χ0n) is 8.27. The summed E-state index contributed by atoms with van der Waals surface area (Å²) in [5.74, 6) is 0. The lowest BCUT2D eigenvalue weighted by molar-refractivity contribution is -0.113. The number of aliphatic hydroxyl groups is 1. The highest BCUT2D eigenvalue weighted by Gasteiger charge is 2.33. The summed E-state index contributed by atoms with van der Waals surface area (Å²) in [5.41, 5.74) is -0.668. The molecule has 2 atom stereocenters. The Labute approximate surface area is 87.9 Å². The lowest BCUT2D eigenvalue weighted by atomic mass is 9.90. The van der Waals surface area contributed by atoms with E-state index in [1.165, 1.54) is 11.5 Å². The van der Waals surface area contributed by atoms with Crippen LogP contribution in [0.3, 0.4) is 0 Å². The van der Waals surface area contributed by atoms with E-state index in [0.29, 0.717) is 13.0 Å². The van der Waals surface area contributed by atoms with Crippen LogP contribution >= 0.6 is 11.5 Å². The molecule has 3 nitrogen and oxygen atoms in total. The van der Waals surface area contributed by atoms with Crippen molar-refractivity contribution in [3.63, 3.8) is 0 Å². The van der Waals surface area contributed by atoms with E-state index in [9.17, 15) is 5.11 Å². The molecule has 0 aromatic carbocycles. The van der Waals surface area contributed by atoms with Gasteiger partial charge in [0.05, 0.1) is 18.3 Å². The molecule has 0 radical (unpaired) electrons. The third-order valence-electron chi connectivity index (χ3n) is 2.65. The molecule has 0 saturated carbocycles. The van der Waals surface area contributed by atoms with Crippen molar-refractivity contribution in [3.05, 3.63) is 17.1 Å². The normalized spacial score (nSPS) is 33.1. The fourth-order valence-electron chi connectivity index (χ4n) is 1.72. The van der Waals surface area contributed by atoms with E-state index < -0.39 is 5.60 Å². The van der Waals surface area contributed by atoms with Crippen molar-refractivity contribution in [2.75, 3.05) is 6.61 Å². The van der Waals surface area contributed by atoms with Crippen LogP contribution in [0.2, 0.25) is 0 Å². The van der Waals surface area contributed by atoms with Crippen LogP contribution in [0.1, 0.15) is 24.6 Å². The van der Waals surface area contributed by atoms with Crippen molar-refractivity contribution in [1.29, 1.82) is 0 Å². The Morgan fingerprint density at radius 2 is 2.64 bits per heavy atom. The van der Waals surface area contributed by atoms with E-state index in [4.69, 9.17) is 4.74 Å². The van der Waals surface area contributed by atoms with Gasteiger partial charge >= 0.3 is 0 Å². The summed E-state index contributed by atoms with van der Waals surface area (Å²) in [4.78, 5) is 1.13. The Morgan fingerprint density at radius 3 is 3.21 bits per heavy atom. The molecule has 1 aromatic heterocycles. The van der Waals surface area contributed by atoms with Crippen LogP contribution in [0, 0.1) is 0 Å². The number of rotatable bonds is 2. The van der Waals surface area contributed by atoms with Crippen molar-refractivity contribution >= 4 is 11.5 Å². The molecule has 1 fully saturated rings. The smallest absolute Gasteiger partial charge is 0.0929 e. The molecule has 1 saturated heterocycles.